The lowest BCUT2D eigenvalue weighted by Gasteiger charge is -2.17. The maximum Gasteiger partial charge on any atom is 0.274 e. The van der Waals surface area contributed by atoms with Crippen LogP contribution in [0.3, 0.4) is 0 Å². The second kappa shape index (κ2) is 5.51. The van der Waals surface area contributed by atoms with Gasteiger partial charge in [-0.25, -0.2) is 0 Å². The molecule has 0 saturated heterocycles. The molecule has 2 rings (SSSR count). The Kier molecular flexibility index (Phi) is 3.79. The zero-order chi connectivity index (χ0) is 13.8. The van der Waals surface area contributed by atoms with E-state index in [1.807, 2.05) is 29.9 Å². The van der Waals surface area contributed by atoms with Gasteiger partial charge in [-0.2, -0.15) is 5.10 Å². The fraction of sp³-hybridized carbons (Fsp3) is 0.308. The van der Waals surface area contributed by atoms with Gasteiger partial charge in [0.15, 0.2) is 0 Å². The van der Waals surface area contributed by atoms with Crippen molar-refractivity contribution in [3.05, 3.63) is 52.3 Å². The molecule has 1 unspecified atom stereocenters. The number of nitro benzene ring substituents is 1. The van der Waals surface area contributed by atoms with Crippen LogP contribution in [0, 0.1) is 17.0 Å². The van der Waals surface area contributed by atoms with Crippen LogP contribution in [0.4, 0.5) is 11.4 Å². The number of hydrogen-bond donors (Lipinski definition) is 1. The third kappa shape index (κ3) is 3.09. The lowest BCUT2D eigenvalue weighted by molar-refractivity contribution is -0.385. The summed E-state index contributed by atoms with van der Waals surface area (Å²) in [6.07, 6.45) is 3.61. The van der Waals surface area contributed by atoms with Gasteiger partial charge in [0.2, 0.25) is 0 Å². The largest absolute Gasteiger partial charge is 0.380 e. The van der Waals surface area contributed by atoms with Crippen molar-refractivity contribution in [1.29, 1.82) is 0 Å². The number of aromatic nitrogens is 2. The van der Waals surface area contributed by atoms with Crippen LogP contribution in [0.15, 0.2) is 36.7 Å². The van der Waals surface area contributed by atoms with E-state index in [0.717, 1.165) is 5.69 Å². The zero-order valence-electron chi connectivity index (χ0n) is 10.9. The van der Waals surface area contributed by atoms with E-state index >= 15 is 0 Å². The summed E-state index contributed by atoms with van der Waals surface area (Å²) in [6.45, 7) is 4.47. The van der Waals surface area contributed by atoms with Crippen molar-refractivity contribution in [1.82, 2.24) is 9.78 Å². The van der Waals surface area contributed by atoms with Gasteiger partial charge in [0.25, 0.3) is 5.69 Å². The van der Waals surface area contributed by atoms with Crippen LogP contribution in [-0.2, 0) is 6.54 Å². The number of nitro groups is 1. The Labute approximate surface area is 111 Å². The molecule has 1 atom stereocenters. The van der Waals surface area contributed by atoms with Gasteiger partial charge < -0.3 is 5.32 Å². The second-order valence-electron chi connectivity index (χ2n) is 4.48. The van der Waals surface area contributed by atoms with Crippen molar-refractivity contribution in [2.45, 2.75) is 26.4 Å². The maximum absolute atomic E-state index is 10.9. The highest BCUT2D eigenvalue weighted by Gasteiger charge is 2.14. The first-order valence-electron chi connectivity index (χ1n) is 6.06. The molecule has 0 radical (unpaired) electrons. The summed E-state index contributed by atoms with van der Waals surface area (Å²) in [5.41, 5.74) is 1.57. The summed E-state index contributed by atoms with van der Waals surface area (Å²) < 4.78 is 1.82. The third-order valence-electron chi connectivity index (χ3n) is 2.92. The van der Waals surface area contributed by atoms with Crippen LogP contribution >= 0.6 is 0 Å². The molecule has 0 bridgehead atoms. The SMILES string of the molecule is Cc1c(NC(C)Cn2cccn2)cccc1[N+](=O)[O-]. The van der Waals surface area contributed by atoms with Gasteiger partial charge in [0, 0.05) is 35.8 Å². The Hall–Kier alpha value is -2.37. The van der Waals surface area contributed by atoms with Gasteiger partial charge in [-0.3, -0.25) is 14.8 Å². The molecule has 0 spiro atoms. The van der Waals surface area contributed by atoms with E-state index in [4.69, 9.17) is 0 Å². The summed E-state index contributed by atoms with van der Waals surface area (Å²) in [7, 11) is 0. The quantitative estimate of drug-likeness (QED) is 0.662. The van der Waals surface area contributed by atoms with Crippen molar-refractivity contribution in [2.24, 2.45) is 0 Å². The van der Waals surface area contributed by atoms with Crippen LogP contribution in [0.1, 0.15) is 12.5 Å². The van der Waals surface area contributed by atoms with Crippen molar-refractivity contribution in [2.75, 3.05) is 5.32 Å². The molecule has 0 aliphatic rings. The Morgan fingerprint density at radius 2 is 2.26 bits per heavy atom. The van der Waals surface area contributed by atoms with Crippen LogP contribution in [0.2, 0.25) is 0 Å². The van der Waals surface area contributed by atoms with E-state index in [2.05, 4.69) is 10.4 Å². The molecule has 19 heavy (non-hydrogen) atoms. The van der Waals surface area contributed by atoms with E-state index in [0.29, 0.717) is 12.1 Å². The average Bonchev–Trinajstić information content (AvgIpc) is 2.84. The van der Waals surface area contributed by atoms with Crippen LogP contribution in [0.5, 0.6) is 0 Å². The fourth-order valence-corrected chi connectivity index (χ4v) is 1.98. The smallest absolute Gasteiger partial charge is 0.274 e. The van der Waals surface area contributed by atoms with Crippen LogP contribution in [-0.4, -0.2) is 20.7 Å². The first kappa shape index (κ1) is 13.1. The van der Waals surface area contributed by atoms with E-state index in [-0.39, 0.29) is 16.7 Å². The minimum Gasteiger partial charge on any atom is -0.380 e. The summed E-state index contributed by atoms with van der Waals surface area (Å²) in [5, 5.41) is 18.3. The van der Waals surface area contributed by atoms with Crippen molar-refractivity contribution < 1.29 is 4.92 Å². The summed E-state index contributed by atoms with van der Waals surface area (Å²) in [6, 6.07) is 7.04. The van der Waals surface area contributed by atoms with Gasteiger partial charge in [-0.1, -0.05) is 6.07 Å². The molecule has 2 aromatic rings. The molecule has 1 aromatic carbocycles. The standard InChI is InChI=1S/C13H16N4O2/c1-10(9-16-8-4-7-14-16)15-12-5-3-6-13(11(12)2)17(18)19/h3-8,10,15H,9H2,1-2H3. The normalized spacial score (nSPS) is 12.1. The first-order chi connectivity index (χ1) is 9.08. The summed E-state index contributed by atoms with van der Waals surface area (Å²) in [4.78, 5) is 10.5. The fourth-order valence-electron chi connectivity index (χ4n) is 1.98. The van der Waals surface area contributed by atoms with Gasteiger partial charge >= 0.3 is 0 Å². The van der Waals surface area contributed by atoms with E-state index in [9.17, 15) is 10.1 Å². The van der Waals surface area contributed by atoms with Gasteiger partial charge in [0.05, 0.1) is 11.5 Å². The molecule has 0 amide bonds. The molecule has 0 aliphatic heterocycles. The third-order valence-corrected chi connectivity index (χ3v) is 2.92. The predicted octanol–water partition coefficient (Wildman–Crippen LogP) is 2.60. The molecule has 0 fully saturated rings. The van der Waals surface area contributed by atoms with Crippen molar-refractivity contribution in [3.63, 3.8) is 0 Å². The highest BCUT2D eigenvalue weighted by molar-refractivity contribution is 5.60. The minimum absolute atomic E-state index is 0.126. The highest BCUT2D eigenvalue weighted by Crippen LogP contribution is 2.25. The number of rotatable bonds is 5. The van der Waals surface area contributed by atoms with Crippen LogP contribution in [0.25, 0.3) is 0 Å². The van der Waals surface area contributed by atoms with E-state index in [1.165, 1.54) is 6.07 Å². The topological polar surface area (TPSA) is 73.0 Å². The van der Waals surface area contributed by atoms with Crippen LogP contribution < -0.4 is 5.32 Å². The molecule has 6 heteroatoms. The number of nitrogens with zero attached hydrogens (tertiary/aromatic N) is 3. The van der Waals surface area contributed by atoms with Crippen molar-refractivity contribution in [3.8, 4) is 0 Å². The Bertz CT molecular complexity index is 566. The highest BCUT2D eigenvalue weighted by atomic mass is 16.6. The Morgan fingerprint density at radius 3 is 2.89 bits per heavy atom. The molecule has 0 aliphatic carbocycles. The first-order valence-corrected chi connectivity index (χ1v) is 6.06. The number of benzene rings is 1. The minimum atomic E-state index is -0.362. The summed E-state index contributed by atoms with van der Waals surface area (Å²) in [5.74, 6) is 0. The molecular weight excluding hydrogens is 244 g/mol. The second-order valence-corrected chi connectivity index (χ2v) is 4.48. The summed E-state index contributed by atoms with van der Waals surface area (Å²) >= 11 is 0. The van der Waals surface area contributed by atoms with E-state index < -0.39 is 0 Å². The number of nitrogens with one attached hydrogen (secondary N) is 1. The molecule has 6 nitrogen and oxygen atoms in total. The molecule has 1 aromatic heterocycles. The van der Waals surface area contributed by atoms with Crippen molar-refractivity contribution >= 4 is 11.4 Å². The molecule has 1 N–H and O–H groups in total. The van der Waals surface area contributed by atoms with E-state index in [1.54, 1.807) is 19.2 Å². The molecular formula is C13H16N4O2. The number of anilines is 1. The Morgan fingerprint density at radius 1 is 1.47 bits per heavy atom. The zero-order valence-corrected chi connectivity index (χ0v) is 10.9. The maximum atomic E-state index is 10.9. The number of hydrogen-bond acceptors (Lipinski definition) is 4. The van der Waals surface area contributed by atoms with Gasteiger partial charge in [-0.15, -0.1) is 0 Å². The molecule has 100 valence electrons. The monoisotopic (exact) mass is 260 g/mol. The average molecular weight is 260 g/mol. The van der Waals surface area contributed by atoms with Gasteiger partial charge in [-0.05, 0) is 26.0 Å². The Balaban J connectivity index is 2.10. The molecule has 0 saturated carbocycles. The molecule has 1 heterocycles. The van der Waals surface area contributed by atoms with Gasteiger partial charge in [0.1, 0.15) is 0 Å². The predicted molar refractivity (Wildman–Crippen MR) is 73.1 cm³/mol. The lowest BCUT2D eigenvalue weighted by Crippen LogP contribution is -2.22. The lowest BCUT2D eigenvalue weighted by atomic mass is 10.1.